The van der Waals surface area contributed by atoms with Crippen LogP contribution in [0.2, 0.25) is 0 Å². The molecule has 0 heterocycles. The first kappa shape index (κ1) is 9.67. The molecule has 0 unspecified atom stereocenters. The molecule has 0 radical (unpaired) electrons. The molecule has 0 saturated carbocycles. The van der Waals surface area contributed by atoms with Crippen molar-refractivity contribution in [1.29, 1.82) is 0 Å². The molecule has 4 heteroatoms. The zero-order valence-electron chi connectivity index (χ0n) is 7.20. The van der Waals surface area contributed by atoms with Crippen LogP contribution in [-0.2, 0) is 4.79 Å². The number of anilines is 1. The van der Waals surface area contributed by atoms with Crippen molar-refractivity contribution in [1.82, 2.24) is 0 Å². The Kier molecular flexibility index (Phi) is 2.97. The number of nitrogens with two attached hydrogens (primary N) is 1. The Hall–Kier alpha value is -1.42. The second kappa shape index (κ2) is 4.00. The lowest BCUT2D eigenvalue weighted by Crippen LogP contribution is -2.10. The number of carbonyl (C=O) groups excluding carboxylic acids is 1. The van der Waals surface area contributed by atoms with E-state index in [9.17, 15) is 4.79 Å². The zero-order valence-corrected chi connectivity index (χ0v) is 8.02. The van der Waals surface area contributed by atoms with Crippen molar-refractivity contribution in [2.45, 2.75) is 6.92 Å². The first-order valence-electron chi connectivity index (χ1n) is 3.75. The van der Waals surface area contributed by atoms with Gasteiger partial charge >= 0.3 is 0 Å². The highest BCUT2D eigenvalue weighted by Gasteiger charge is 1.99. The number of hydrogen-bond donors (Lipinski definition) is 2. The minimum absolute atomic E-state index is 0.331. The van der Waals surface area contributed by atoms with Gasteiger partial charge in [0.15, 0.2) is 0 Å². The van der Waals surface area contributed by atoms with E-state index < -0.39 is 0 Å². The van der Waals surface area contributed by atoms with Crippen molar-refractivity contribution in [3.63, 3.8) is 0 Å². The molecule has 0 fully saturated rings. The molecule has 3 N–H and O–H groups in total. The van der Waals surface area contributed by atoms with E-state index in [1.54, 1.807) is 6.07 Å². The van der Waals surface area contributed by atoms with Gasteiger partial charge in [-0.25, -0.2) is 0 Å². The van der Waals surface area contributed by atoms with Crippen molar-refractivity contribution in [2.24, 2.45) is 5.73 Å². The zero-order chi connectivity index (χ0) is 9.84. The van der Waals surface area contributed by atoms with E-state index in [1.165, 1.54) is 0 Å². The maximum absolute atomic E-state index is 10.2. The third-order valence-corrected chi connectivity index (χ3v) is 1.82. The molecule has 3 nitrogen and oxygen atoms in total. The van der Waals surface area contributed by atoms with Crippen LogP contribution in [0.15, 0.2) is 18.2 Å². The van der Waals surface area contributed by atoms with Gasteiger partial charge in [-0.15, -0.1) is 0 Å². The Morgan fingerprint density at radius 1 is 1.54 bits per heavy atom. The molecule has 13 heavy (non-hydrogen) atoms. The molecule has 1 aromatic rings. The quantitative estimate of drug-likeness (QED) is 0.561. The normalized spacial score (nSPS) is 9.31. The van der Waals surface area contributed by atoms with Gasteiger partial charge in [-0.2, -0.15) is 0 Å². The summed E-state index contributed by atoms with van der Waals surface area (Å²) < 4.78 is 0. The van der Waals surface area contributed by atoms with Gasteiger partial charge in [0.25, 0.3) is 0 Å². The van der Waals surface area contributed by atoms with Crippen LogP contribution >= 0.6 is 12.2 Å². The van der Waals surface area contributed by atoms with Gasteiger partial charge in [-0.05, 0) is 30.7 Å². The summed E-state index contributed by atoms with van der Waals surface area (Å²) in [5.41, 5.74) is 7.94. The van der Waals surface area contributed by atoms with E-state index >= 15 is 0 Å². The third-order valence-electron chi connectivity index (χ3n) is 1.59. The number of benzene rings is 1. The number of amides is 1. The number of nitrogens with one attached hydrogen (secondary N) is 1. The molecular weight excluding hydrogens is 184 g/mol. The van der Waals surface area contributed by atoms with Crippen LogP contribution in [0.4, 0.5) is 5.69 Å². The Labute approximate surface area is 81.9 Å². The standard InChI is InChI=1S/C9H10N2OS/c1-6-2-7(9(10)13)4-8(3-6)11-5-12/h2-5H,1H3,(H2,10,13)(H,11,12). The fraction of sp³-hybridized carbons (Fsp3) is 0.111. The van der Waals surface area contributed by atoms with Gasteiger partial charge in [-0.3, -0.25) is 4.79 Å². The summed E-state index contributed by atoms with van der Waals surface area (Å²) in [6.45, 7) is 1.91. The Bertz CT molecular complexity index is 349. The molecular formula is C9H10N2OS. The fourth-order valence-electron chi connectivity index (χ4n) is 1.08. The lowest BCUT2D eigenvalue weighted by molar-refractivity contribution is -0.105. The van der Waals surface area contributed by atoms with Gasteiger partial charge in [-0.1, -0.05) is 12.2 Å². The molecule has 1 rings (SSSR count). The second-order valence-electron chi connectivity index (χ2n) is 2.71. The highest BCUT2D eigenvalue weighted by Crippen LogP contribution is 2.13. The summed E-state index contributed by atoms with van der Waals surface area (Å²) in [6.07, 6.45) is 0.623. The van der Waals surface area contributed by atoms with E-state index in [4.69, 9.17) is 18.0 Å². The van der Waals surface area contributed by atoms with Crippen molar-refractivity contribution < 1.29 is 4.79 Å². The van der Waals surface area contributed by atoms with E-state index in [2.05, 4.69) is 5.32 Å². The van der Waals surface area contributed by atoms with Gasteiger partial charge in [0.2, 0.25) is 6.41 Å². The number of rotatable bonds is 3. The molecule has 0 bridgehead atoms. The molecule has 0 spiro atoms. The summed E-state index contributed by atoms with van der Waals surface area (Å²) >= 11 is 4.83. The molecule has 0 saturated heterocycles. The summed E-state index contributed by atoms with van der Waals surface area (Å²) in [6, 6.07) is 5.46. The molecule has 0 aromatic heterocycles. The highest BCUT2D eigenvalue weighted by atomic mass is 32.1. The second-order valence-corrected chi connectivity index (χ2v) is 3.15. The van der Waals surface area contributed by atoms with E-state index in [0.717, 1.165) is 11.1 Å². The maximum atomic E-state index is 10.2. The van der Waals surface area contributed by atoms with E-state index in [1.807, 2.05) is 19.1 Å². The van der Waals surface area contributed by atoms with Gasteiger partial charge in [0.05, 0.1) is 0 Å². The Morgan fingerprint density at radius 2 is 2.23 bits per heavy atom. The first-order valence-corrected chi connectivity index (χ1v) is 4.16. The molecule has 0 aliphatic heterocycles. The van der Waals surface area contributed by atoms with Crippen LogP contribution in [0, 0.1) is 6.92 Å². The summed E-state index contributed by atoms with van der Waals surface area (Å²) in [5.74, 6) is 0. The minimum Gasteiger partial charge on any atom is -0.389 e. The highest BCUT2D eigenvalue weighted by molar-refractivity contribution is 7.80. The minimum atomic E-state index is 0.331. The Balaban J connectivity index is 3.10. The van der Waals surface area contributed by atoms with Gasteiger partial charge in [0.1, 0.15) is 4.99 Å². The summed E-state index contributed by atoms with van der Waals surface area (Å²) in [5, 5.41) is 2.55. The molecule has 68 valence electrons. The maximum Gasteiger partial charge on any atom is 0.211 e. The largest absolute Gasteiger partial charge is 0.389 e. The monoisotopic (exact) mass is 194 g/mol. The smallest absolute Gasteiger partial charge is 0.211 e. The average molecular weight is 194 g/mol. The third kappa shape index (κ3) is 2.52. The molecule has 0 aliphatic rings. The van der Waals surface area contributed by atoms with Crippen molar-refractivity contribution in [2.75, 3.05) is 5.32 Å². The predicted molar refractivity (Wildman–Crippen MR) is 56.8 cm³/mol. The van der Waals surface area contributed by atoms with Crippen molar-refractivity contribution in [3.05, 3.63) is 29.3 Å². The summed E-state index contributed by atoms with van der Waals surface area (Å²) in [4.78, 5) is 10.5. The number of aryl methyl sites for hydroxylation is 1. The molecule has 0 aliphatic carbocycles. The van der Waals surface area contributed by atoms with Gasteiger partial charge < -0.3 is 11.1 Å². The topological polar surface area (TPSA) is 55.1 Å². The SMILES string of the molecule is Cc1cc(NC=O)cc(C(N)=S)c1. The van der Waals surface area contributed by atoms with Crippen LogP contribution in [0.1, 0.15) is 11.1 Å². The van der Waals surface area contributed by atoms with Crippen LogP contribution in [0.25, 0.3) is 0 Å². The Morgan fingerprint density at radius 3 is 2.77 bits per heavy atom. The average Bonchev–Trinajstić information content (AvgIpc) is 2.03. The van der Waals surface area contributed by atoms with Crippen LogP contribution in [0.5, 0.6) is 0 Å². The van der Waals surface area contributed by atoms with Crippen molar-refractivity contribution >= 4 is 29.3 Å². The van der Waals surface area contributed by atoms with E-state index in [0.29, 0.717) is 17.1 Å². The van der Waals surface area contributed by atoms with Crippen LogP contribution < -0.4 is 11.1 Å². The number of thiocarbonyl (C=S) groups is 1. The number of carbonyl (C=O) groups is 1. The molecule has 0 atom stereocenters. The van der Waals surface area contributed by atoms with E-state index in [-0.39, 0.29) is 0 Å². The lowest BCUT2D eigenvalue weighted by atomic mass is 10.1. The van der Waals surface area contributed by atoms with Crippen LogP contribution in [-0.4, -0.2) is 11.4 Å². The molecule has 1 aromatic carbocycles. The molecule has 1 amide bonds. The fourth-order valence-corrected chi connectivity index (χ4v) is 1.19. The lowest BCUT2D eigenvalue weighted by Gasteiger charge is -2.04. The summed E-state index contributed by atoms with van der Waals surface area (Å²) in [7, 11) is 0. The van der Waals surface area contributed by atoms with Crippen LogP contribution in [0.3, 0.4) is 0 Å². The van der Waals surface area contributed by atoms with Crippen molar-refractivity contribution in [3.8, 4) is 0 Å². The first-order chi connectivity index (χ1) is 6.13. The van der Waals surface area contributed by atoms with Gasteiger partial charge in [0, 0.05) is 11.3 Å². The number of hydrogen-bond acceptors (Lipinski definition) is 2. The predicted octanol–water partition coefficient (Wildman–Crippen LogP) is 1.20.